The van der Waals surface area contributed by atoms with Crippen LogP contribution in [0, 0.1) is 0 Å². The molecule has 0 bridgehead atoms. The van der Waals surface area contributed by atoms with Crippen molar-refractivity contribution in [1.29, 1.82) is 0 Å². The second-order valence-corrected chi connectivity index (χ2v) is 5.86. The highest BCUT2D eigenvalue weighted by Gasteiger charge is 2.30. The maximum absolute atomic E-state index is 12.9. The summed E-state index contributed by atoms with van der Waals surface area (Å²) in [6.07, 6.45) is 0.238. The van der Waals surface area contributed by atoms with Gasteiger partial charge < -0.3 is 15.5 Å². The molecule has 0 aliphatic carbocycles. The molecular weight excluding hydrogens is 308 g/mol. The van der Waals surface area contributed by atoms with E-state index in [2.05, 4.69) is 10.6 Å². The van der Waals surface area contributed by atoms with Gasteiger partial charge in [0, 0.05) is 19.5 Å². The van der Waals surface area contributed by atoms with E-state index in [0.717, 1.165) is 0 Å². The SMILES string of the molecule is CCN(CC(=O)NC)CC(=O)N1c2ccccc2NC(=O)C[C@@H]1C. The second-order valence-electron chi connectivity index (χ2n) is 5.86. The first-order chi connectivity index (χ1) is 11.5. The molecule has 1 aliphatic rings. The third-order valence-corrected chi connectivity index (χ3v) is 4.08. The van der Waals surface area contributed by atoms with Crippen molar-refractivity contribution in [2.75, 3.05) is 36.9 Å². The topological polar surface area (TPSA) is 81.8 Å². The highest BCUT2D eigenvalue weighted by Crippen LogP contribution is 2.31. The normalized spacial score (nSPS) is 17.1. The zero-order valence-corrected chi connectivity index (χ0v) is 14.3. The van der Waals surface area contributed by atoms with E-state index < -0.39 is 0 Å². The van der Waals surface area contributed by atoms with Crippen LogP contribution in [0.1, 0.15) is 20.3 Å². The van der Waals surface area contributed by atoms with Crippen molar-refractivity contribution in [2.45, 2.75) is 26.3 Å². The van der Waals surface area contributed by atoms with E-state index in [9.17, 15) is 14.4 Å². The fourth-order valence-electron chi connectivity index (χ4n) is 2.80. The molecule has 0 radical (unpaired) electrons. The van der Waals surface area contributed by atoms with Crippen LogP contribution in [0.25, 0.3) is 0 Å². The summed E-state index contributed by atoms with van der Waals surface area (Å²) in [4.78, 5) is 39.9. The summed E-state index contributed by atoms with van der Waals surface area (Å²) < 4.78 is 0. The molecule has 0 unspecified atom stereocenters. The molecule has 2 N–H and O–H groups in total. The van der Waals surface area contributed by atoms with Crippen molar-refractivity contribution in [2.24, 2.45) is 0 Å². The molecule has 130 valence electrons. The highest BCUT2D eigenvalue weighted by molar-refractivity contribution is 6.05. The summed E-state index contributed by atoms with van der Waals surface area (Å²) in [7, 11) is 1.57. The maximum atomic E-state index is 12.9. The van der Waals surface area contributed by atoms with Crippen molar-refractivity contribution in [3.63, 3.8) is 0 Å². The lowest BCUT2D eigenvalue weighted by Gasteiger charge is -2.30. The number of fused-ring (bicyclic) bond motifs is 1. The quantitative estimate of drug-likeness (QED) is 0.836. The van der Waals surface area contributed by atoms with Gasteiger partial charge in [-0.15, -0.1) is 0 Å². The number of benzene rings is 1. The number of anilines is 2. The Hall–Kier alpha value is -2.41. The number of rotatable bonds is 5. The number of carbonyl (C=O) groups is 3. The smallest absolute Gasteiger partial charge is 0.241 e. The molecule has 1 atom stereocenters. The van der Waals surface area contributed by atoms with Crippen molar-refractivity contribution in [3.05, 3.63) is 24.3 Å². The molecule has 7 heteroatoms. The van der Waals surface area contributed by atoms with Gasteiger partial charge in [0.05, 0.1) is 24.5 Å². The first-order valence-electron chi connectivity index (χ1n) is 8.10. The number of para-hydroxylation sites is 2. The van der Waals surface area contributed by atoms with Gasteiger partial charge in [0.2, 0.25) is 17.7 Å². The Morgan fingerprint density at radius 1 is 1.33 bits per heavy atom. The van der Waals surface area contributed by atoms with E-state index in [4.69, 9.17) is 0 Å². The summed E-state index contributed by atoms with van der Waals surface area (Å²) in [6, 6.07) is 7.02. The molecule has 0 aromatic heterocycles. The van der Waals surface area contributed by atoms with Crippen LogP contribution in [0.4, 0.5) is 11.4 Å². The van der Waals surface area contributed by atoms with Gasteiger partial charge in [-0.2, -0.15) is 0 Å². The van der Waals surface area contributed by atoms with E-state index in [1.807, 2.05) is 32.0 Å². The van der Waals surface area contributed by atoms with Crippen LogP contribution in [-0.4, -0.2) is 55.3 Å². The van der Waals surface area contributed by atoms with Crippen molar-refractivity contribution in [3.8, 4) is 0 Å². The first kappa shape index (κ1) is 17.9. The predicted octanol–water partition coefficient (Wildman–Crippen LogP) is 0.818. The predicted molar refractivity (Wildman–Crippen MR) is 92.8 cm³/mol. The van der Waals surface area contributed by atoms with Gasteiger partial charge >= 0.3 is 0 Å². The van der Waals surface area contributed by atoms with E-state index in [1.165, 1.54) is 0 Å². The van der Waals surface area contributed by atoms with Crippen LogP contribution >= 0.6 is 0 Å². The molecule has 0 saturated carbocycles. The molecule has 7 nitrogen and oxygen atoms in total. The Morgan fingerprint density at radius 3 is 2.71 bits per heavy atom. The largest absolute Gasteiger partial charge is 0.358 e. The monoisotopic (exact) mass is 332 g/mol. The Labute approximate surface area is 142 Å². The number of amides is 3. The summed E-state index contributed by atoms with van der Waals surface area (Å²) in [5.41, 5.74) is 1.33. The van der Waals surface area contributed by atoms with Gasteiger partial charge in [0.25, 0.3) is 0 Å². The molecule has 1 aromatic carbocycles. The standard InChI is InChI=1S/C17H24N4O3/c1-4-20(10-16(23)18-3)11-17(24)21-12(2)9-15(22)19-13-7-5-6-8-14(13)21/h5-8,12H,4,9-11H2,1-3H3,(H,18,23)(H,19,22)/t12-/m0/s1. The third kappa shape index (κ3) is 4.11. The summed E-state index contributed by atoms with van der Waals surface area (Å²) in [5.74, 6) is -0.369. The highest BCUT2D eigenvalue weighted by atomic mass is 16.2. The lowest BCUT2D eigenvalue weighted by atomic mass is 10.1. The molecule has 0 spiro atoms. The zero-order valence-electron chi connectivity index (χ0n) is 14.3. The molecule has 1 heterocycles. The van der Waals surface area contributed by atoms with E-state index in [-0.39, 0.29) is 43.3 Å². The number of hydrogen-bond donors (Lipinski definition) is 2. The van der Waals surface area contributed by atoms with Gasteiger partial charge in [0.1, 0.15) is 0 Å². The van der Waals surface area contributed by atoms with Crippen LogP contribution in [0.5, 0.6) is 0 Å². The Kier molecular flexibility index (Phi) is 5.92. The zero-order chi connectivity index (χ0) is 17.7. The van der Waals surface area contributed by atoms with Crippen molar-refractivity contribution >= 4 is 29.1 Å². The minimum Gasteiger partial charge on any atom is -0.358 e. The Balaban J connectivity index is 2.23. The fraction of sp³-hybridized carbons (Fsp3) is 0.471. The number of carbonyl (C=O) groups excluding carboxylic acids is 3. The molecule has 2 rings (SSSR count). The number of nitrogens with one attached hydrogen (secondary N) is 2. The minimum absolute atomic E-state index is 0.108. The van der Waals surface area contributed by atoms with Crippen molar-refractivity contribution in [1.82, 2.24) is 10.2 Å². The van der Waals surface area contributed by atoms with Crippen LogP contribution < -0.4 is 15.5 Å². The summed E-state index contributed by atoms with van der Waals surface area (Å²) >= 11 is 0. The van der Waals surface area contributed by atoms with Gasteiger partial charge in [-0.05, 0) is 25.6 Å². The molecule has 24 heavy (non-hydrogen) atoms. The third-order valence-electron chi connectivity index (χ3n) is 4.08. The summed E-state index contributed by atoms with van der Waals surface area (Å²) in [5, 5.41) is 5.40. The Bertz CT molecular complexity index is 632. The number of hydrogen-bond acceptors (Lipinski definition) is 4. The van der Waals surface area contributed by atoms with E-state index in [1.54, 1.807) is 22.9 Å². The average molecular weight is 332 g/mol. The summed E-state index contributed by atoms with van der Waals surface area (Å²) in [6.45, 7) is 4.63. The maximum Gasteiger partial charge on any atom is 0.241 e. The second kappa shape index (κ2) is 7.92. The Morgan fingerprint density at radius 2 is 2.04 bits per heavy atom. The van der Waals surface area contributed by atoms with Gasteiger partial charge in [-0.3, -0.25) is 19.3 Å². The fourth-order valence-corrected chi connectivity index (χ4v) is 2.80. The number of nitrogens with zero attached hydrogens (tertiary/aromatic N) is 2. The van der Waals surface area contributed by atoms with Crippen LogP contribution in [0.15, 0.2) is 24.3 Å². The van der Waals surface area contributed by atoms with Crippen LogP contribution in [0.2, 0.25) is 0 Å². The minimum atomic E-state index is -0.250. The van der Waals surface area contributed by atoms with Gasteiger partial charge in [-0.1, -0.05) is 19.1 Å². The average Bonchev–Trinajstić information content (AvgIpc) is 2.67. The lowest BCUT2D eigenvalue weighted by molar-refractivity contribution is -0.123. The molecule has 1 aromatic rings. The lowest BCUT2D eigenvalue weighted by Crippen LogP contribution is -2.47. The van der Waals surface area contributed by atoms with Gasteiger partial charge in [-0.25, -0.2) is 0 Å². The van der Waals surface area contributed by atoms with E-state index in [0.29, 0.717) is 17.9 Å². The van der Waals surface area contributed by atoms with Crippen molar-refractivity contribution < 1.29 is 14.4 Å². The molecule has 3 amide bonds. The molecular formula is C17H24N4O3. The van der Waals surface area contributed by atoms with E-state index >= 15 is 0 Å². The van der Waals surface area contributed by atoms with Gasteiger partial charge in [0.15, 0.2) is 0 Å². The molecule has 0 saturated heterocycles. The van der Waals surface area contributed by atoms with Crippen LogP contribution in [-0.2, 0) is 14.4 Å². The number of likely N-dealkylation sites (N-methyl/N-ethyl adjacent to an activating group) is 2. The molecule has 0 fully saturated rings. The first-order valence-corrected chi connectivity index (χ1v) is 8.10. The van der Waals surface area contributed by atoms with Crippen LogP contribution in [0.3, 0.4) is 0 Å². The molecule has 1 aliphatic heterocycles.